The van der Waals surface area contributed by atoms with Crippen molar-refractivity contribution in [1.82, 2.24) is 14.5 Å². The Morgan fingerprint density at radius 3 is 2.37 bits per heavy atom. The number of anilines is 1. The third kappa shape index (κ3) is 3.95. The van der Waals surface area contributed by atoms with E-state index in [1.165, 1.54) is 30.6 Å². The monoisotopic (exact) mass is 462 g/mol. The number of aromatic carboxylic acids is 1. The van der Waals surface area contributed by atoms with Gasteiger partial charge in [-0.15, -0.1) is 0 Å². The van der Waals surface area contributed by atoms with Gasteiger partial charge in [0.2, 0.25) is 0 Å². The summed E-state index contributed by atoms with van der Waals surface area (Å²) in [6.07, 6.45) is 4.24. The zero-order chi connectivity index (χ0) is 21.5. The molecule has 0 aliphatic carbocycles. The molecule has 0 fully saturated rings. The van der Waals surface area contributed by atoms with Gasteiger partial charge in [0.05, 0.1) is 22.8 Å². The van der Waals surface area contributed by atoms with Gasteiger partial charge in [-0.05, 0) is 42.5 Å². The molecule has 2 aromatic heterocycles. The second kappa shape index (κ2) is 7.60. The summed E-state index contributed by atoms with van der Waals surface area (Å²) in [4.78, 5) is 18.8. The Bertz CT molecular complexity index is 1370. The summed E-state index contributed by atoms with van der Waals surface area (Å²) in [5.41, 5.74) is 0.929. The first kappa shape index (κ1) is 20.1. The predicted molar refractivity (Wildman–Crippen MR) is 113 cm³/mol. The van der Waals surface area contributed by atoms with E-state index >= 15 is 0 Å². The molecule has 0 saturated carbocycles. The van der Waals surface area contributed by atoms with Crippen LogP contribution in [0.2, 0.25) is 10.0 Å². The van der Waals surface area contributed by atoms with E-state index in [0.29, 0.717) is 11.5 Å². The molecule has 2 N–H and O–H groups in total. The molecule has 152 valence electrons. The quantitative estimate of drug-likeness (QED) is 0.458. The highest BCUT2D eigenvalue weighted by Gasteiger charge is 2.17. The molecule has 0 unspecified atom stereocenters. The number of aromatic nitrogens is 3. The van der Waals surface area contributed by atoms with E-state index in [1.807, 2.05) is 0 Å². The summed E-state index contributed by atoms with van der Waals surface area (Å²) in [5.74, 6) is -0.735. The molecule has 0 spiro atoms. The van der Waals surface area contributed by atoms with Crippen LogP contribution in [0, 0.1) is 0 Å². The zero-order valence-electron chi connectivity index (χ0n) is 15.0. The van der Waals surface area contributed by atoms with Crippen LogP contribution in [0.5, 0.6) is 0 Å². The van der Waals surface area contributed by atoms with Crippen LogP contribution in [-0.4, -0.2) is 34.0 Å². The molecule has 4 aromatic rings. The van der Waals surface area contributed by atoms with Crippen LogP contribution in [-0.2, 0) is 10.0 Å². The number of benzene rings is 2. The fraction of sp³-hybridized carbons (Fsp3) is 0. The number of rotatable bonds is 5. The van der Waals surface area contributed by atoms with Crippen molar-refractivity contribution in [1.29, 1.82) is 0 Å². The highest BCUT2D eigenvalue weighted by Crippen LogP contribution is 2.27. The van der Waals surface area contributed by atoms with Crippen molar-refractivity contribution in [2.24, 2.45) is 0 Å². The Kier molecular flexibility index (Phi) is 5.10. The van der Waals surface area contributed by atoms with Gasteiger partial charge in [0.1, 0.15) is 0 Å². The van der Waals surface area contributed by atoms with Crippen molar-refractivity contribution < 1.29 is 18.3 Å². The molecule has 0 atom stereocenters. The van der Waals surface area contributed by atoms with Crippen molar-refractivity contribution in [2.45, 2.75) is 4.90 Å². The second-order valence-electron chi connectivity index (χ2n) is 6.23. The lowest BCUT2D eigenvalue weighted by molar-refractivity contribution is 0.0690. The topological polar surface area (TPSA) is 114 Å². The van der Waals surface area contributed by atoms with Crippen molar-refractivity contribution in [3.05, 3.63) is 76.8 Å². The molecule has 0 aliphatic heterocycles. The molecule has 2 heterocycles. The van der Waals surface area contributed by atoms with E-state index in [9.17, 15) is 13.2 Å². The highest BCUT2D eigenvalue weighted by molar-refractivity contribution is 7.92. The van der Waals surface area contributed by atoms with Gasteiger partial charge in [0.15, 0.2) is 11.5 Å². The van der Waals surface area contributed by atoms with E-state index in [1.54, 1.807) is 35.0 Å². The number of halogens is 2. The van der Waals surface area contributed by atoms with Gasteiger partial charge in [-0.25, -0.2) is 23.2 Å². The molecule has 0 saturated heterocycles. The van der Waals surface area contributed by atoms with Crippen molar-refractivity contribution in [3.8, 4) is 5.82 Å². The lowest BCUT2D eigenvalue weighted by Gasteiger charge is -2.10. The molecule has 11 heteroatoms. The molecule has 0 aliphatic rings. The normalized spacial score (nSPS) is 11.5. The number of hydrogen-bond donors (Lipinski definition) is 2. The molecule has 2 aromatic carbocycles. The summed E-state index contributed by atoms with van der Waals surface area (Å²) < 4.78 is 29.5. The average Bonchev–Trinajstić information content (AvgIpc) is 3.10. The molecular weight excluding hydrogens is 451 g/mol. The number of fused-ring (bicyclic) bond motifs is 1. The minimum atomic E-state index is -3.89. The minimum absolute atomic E-state index is 0.0496. The van der Waals surface area contributed by atoms with Crippen molar-refractivity contribution in [2.75, 3.05) is 4.72 Å². The van der Waals surface area contributed by atoms with Crippen molar-refractivity contribution >= 4 is 55.8 Å². The first-order valence-electron chi connectivity index (χ1n) is 8.39. The predicted octanol–water partition coefficient (Wildman–Crippen LogP) is 4.23. The SMILES string of the molecule is O=C(O)c1cnc(-n2ccc3cc(NS(=O)(=O)c4cc(Cl)cc(Cl)c4)ccc32)cn1. The maximum atomic E-state index is 12.7. The van der Waals surface area contributed by atoms with Crippen LogP contribution >= 0.6 is 23.2 Å². The molecule has 4 rings (SSSR count). The Hall–Kier alpha value is -3.14. The molecule has 0 radical (unpaired) electrons. The van der Waals surface area contributed by atoms with Gasteiger partial charge >= 0.3 is 5.97 Å². The highest BCUT2D eigenvalue weighted by atomic mass is 35.5. The molecule has 8 nitrogen and oxygen atoms in total. The number of sulfonamides is 1. The van der Waals surface area contributed by atoms with Gasteiger partial charge < -0.3 is 5.11 Å². The Morgan fingerprint density at radius 1 is 1.00 bits per heavy atom. The standard InChI is InChI=1S/C19H12Cl2N4O4S/c20-12-6-13(21)8-15(7-12)30(28,29)24-14-1-2-17-11(5-14)3-4-25(17)18-10-22-16(9-23-18)19(26)27/h1-10,24H,(H,26,27). The molecule has 0 bridgehead atoms. The first-order chi connectivity index (χ1) is 14.2. The second-order valence-corrected chi connectivity index (χ2v) is 8.79. The molecule has 0 amide bonds. The Morgan fingerprint density at radius 2 is 1.73 bits per heavy atom. The van der Waals surface area contributed by atoms with E-state index in [4.69, 9.17) is 28.3 Å². The summed E-state index contributed by atoms with van der Waals surface area (Å²) >= 11 is 11.8. The maximum absolute atomic E-state index is 12.7. The fourth-order valence-electron chi connectivity index (χ4n) is 2.86. The summed E-state index contributed by atoms with van der Waals surface area (Å²) in [5, 5.41) is 10.1. The van der Waals surface area contributed by atoms with Gasteiger partial charge in [-0.3, -0.25) is 9.29 Å². The fourth-order valence-corrected chi connectivity index (χ4v) is 4.63. The summed E-state index contributed by atoms with van der Waals surface area (Å²) in [7, 11) is -3.89. The van der Waals surface area contributed by atoms with E-state index in [-0.39, 0.29) is 20.6 Å². The largest absolute Gasteiger partial charge is 0.476 e. The van der Waals surface area contributed by atoms with Crippen LogP contribution in [0.15, 0.2) is 66.0 Å². The van der Waals surface area contributed by atoms with Crippen LogP contribution in [0.1, 0.15) is 10.5 Å². The number of carboxylic acids is 1. The zero-order valence-corrected chi connectivity index (χ0v) is 17.3. The number of hydrogen-bond acceptors (Lipinski definition) is 5. The first-order valence-corrected chi connectivity index (χ1v) is 10.6. The maximum Gasteiger partial charge on any atom is 0.356 e. The number of nitrogens with zero attached hydrogens (tertiary/aromatic N) is 3. The van der Waals surface area contributed by atoms with Crippen LogP contribution < -0.4 is 4.72 Å². The van der Waals surface area contributed by atoms with Gasteiger partial charge in [0.25, 0.3) is 10.0 Å². The van der Waals surface area contributed by atoms with Gasteiger partial charge in [-0.1, -0.05) is 23.2 Å². The average molecular weight is 463 g/mol. The third-order valence-corrected chi connectivity index (χ3v) is 5.99. The third-order valence-electron chi connectivity index (χ3n) is 4.19. The van der Waals surface area contributed by atoms with E-state index in [0.717, 1.165) is 10.9 Å². The van der Waals surface area contributed by atoms with E-state index < -0.39 is 16.0 Å². The Labute approximate surface area is 180 Å². The summed E-state index contributed by atoms with van der Waals surface area (Å²) in [6, 6.07) is 10.8. The number of nitrogens with one attached hydrogen (secondary N) is 1. The van der Waals surface area contributed by atoms with Crippen molar-refractivity contribution in [3.63, 3.8) is 0 Å². The van der Waals surface area contributed by atoms with E-state index in [2.05, 4.69) is 14.7 Å². The minimum Gasteiger partial charge on any atom is -0.476 e. The number of carbonyl (C=O) groups is 1. The van der Waals surface area contributed by atoms with Crippen LogP contribution in [0.4, 0.5) is 5.69 Å². The smallest absolute Gasteiger partial charge is 0.356 e. The van der Waals surface area contributed by atoms with Crippen LogP contribution in [0.25, 0.3) is 16.7 Å². The lowest BCUT2D eigenvalue weighted by Crippen LogP contribution is -2.13. The van der Waals surface area contributed by atoms with Gasteiger partial charge in [0, 0.05) is 27.3 Å². The molecule has 30 heavy (non-hydrogen) atoms. The Balaban J connectivity index is 1.65. The lowest BCUT2D eigenvalue weighted by atomic mass is 10.2. The van der Waals surface area contributed by atoms with Gasteiger partial charge in [-0.2, -0.15) is 0 Å². The molecular formula is C19H12Cl2N4O4S. The summed E-state index contributed by atoms with van der Waals surface area (Å²) in [6.45, 7) is 0. The van der Waals surface area contributed by atoms with Crippen LogP contribution in [0.3, 0.4) is 0 Å². The number of carboxylic acid groups (broad SMARTS) is 1.